The number of halogens is 1. The number of hydrogen-bond donors (Lipinski definition) is 1. The Hall–Kier alpha value is -2.30. The molecule has 0 aromatic heterocycles. The molecule has 1 saturated carbocycles. The van der Waals surface area contributed by atoms with Crippen molar-refractivity contribution in [2.24, 2.45) is 11.3 Å². The molecule has 3 nitrogen and oxygen atoms in total. The van der Waals surface area contributed by atoms with Crippen molar-refractivity contribution in [2.45, 2.75) is 45.0 Å². The molecule has 0 amide bonds. The molecule has 0 bridgehead atoms. The molecule has 4 unspecified atom stereocenters. The molecule has 4 heteroatoms. The summed E-state index contributed by atoms with van der Waals surface area (Å²) in [6, 6.07) is 30.3. The van der Waals surface area contributed by atoms with Gasteiger partial charge >= 0.3 is 0 Å². The molecule has 3 aromatic rings. The van der Waals surface area contributed by atoms with Gasteiger partial charge in [-0.25, -0.2) is 0 Å². The van der Waals surface area contributed by atoms with Gasteiger partial charge in [0.15, 0.2) is 0 Å². The van der Waals surface area contributed by atoms with Gasteiger partial charge < -0.3 is 14.9 Å². The quantitative estimate of drug-likeness (QED) is 0.445. The average Bonchev–Trinajstić information content (AvgIpc) is 2.78. The Morgan fingerprint density at radius 2 is 1.50 bits per heavy atom. The van der Waals surface area contributed by atoms with E-state index in [4.69, 9.17) is 0 Å². The van der Waals surface area contributed by atoms with Gasteiger partial charge in [0.1, 0.15) is 6.17 Å². The average molecular weight is 491 g/mol. The van der Waals surface area contributed by atoms with E-state index >= 15 is 0 Å². The summed E-state index contributed by atoms with van der Waals surface area (Å²) in [4.78, 5) is 5.06. The number of fused-ring (bicyclic) bond motifs is 1. The van der Waals surface area contributed by atoms with E-state index in [1.807, 2.05) is 0 Å². The van der Waals surface area contributed by atoms with Gasteiger partial charge in [0.05, 0.1) is 6.10 Å². The van der Waals surface area contributed by atoms with Gasteiger partial charge in [-0.05, 0) is 60.2 Å². The number of nitrogens with zero attached hydrogens (tertiary/aromatic N) is 2. The topological polar surface area (TPSA) is 26.7 Å². The van der Waals surface area contributed by atoms with Crippen LogP contribution in [0.5, 0.6) is 0 Å². The molecule has 2 aliphatic rings. The van der Waals surface area contributed by atoms with Gasteiger partial charge in [0.2, 0.25) is 0 Å². The second-order valence-corrected chi connectivity index (χ2v) is 10.9. The van der Waals surface area contributed by atoms with E-state index in [1.165, 1.54) is 16.9 Å². The molecule has 1 aliphatic heterocycles. The molecule has 32 heavy (non-hydrogen) atoms. The predicted molar refractivity (Wildman–Crippen MR) is 136 cm³/mol. The molecular weight excluding hydrogens is 460 g/mol. The molecular formula is C28H31BrN2O. The first-order chi connectivity index (χ1) is 15.4. The van der Waals surface area contributed by atoms with E-state index < -0.39 is 0 Å². The van der Waals surface area contributed by atoms with Crippen LogP contribution >= 0.6 is 15.9 Å². The Bertz CT molecular complexity index is 1060. The molecule has 0 spiro atoms. The number of aliphatic hydroxyl groups excluding tert-OH is 1. The van der Waals surface area contributed by atoms with Crippen LogP contribution in [0.2, 0.25) is 0 Å². The van der Waals surface area contributed by atoms with Crippen LogP contribution in [0.15, 0.2) is 89.4 Å². The minimum atomic E-state index is -0.315. The van der Waals surface area contributed by atoms with Crippen LogP contribution in [0.4, 0.5) is 11.4 Å². The molecule has 1 aliphatic carbocycles. The Morgan fingerprint density at radius 3 is 2.16 bits per heavy atom. The molecule has 1 saturated heterocycles. The van der Waals surface area contributed by atoms with Crippen molar-refractivity contribution in [1.29, 1.82) is 0 Å². The minimum absolute atomic E-state index is 0.0413. The summed E-state index contributed by atoms with van der Waals surface area (Å²) >= 11 is 3.70. The summed E-state index contributed by atoms with van der Waals surface area (Å²) in [5, 5.41) is 11.3. The lowest BCUT2D eigenvalue weighted by Gasteiger charge is -2.59. The standard InChI is InChI=1S/C28H31BrN2O/c1-28(2)17-25-24(26(32)18-28)19-30(22-12-5-3-6-13-22)27(20-10-9-11-21(29)16-20)31(25)23-14-7-4-8-15-23/h3-16,24-27,32H,17-19H2,1-2H3. The SMILES string of the molecule is CC1(C)CC(O)C2CN(c3ccccc3)C(c3cccc(Br)c3)N(c3ccccc3)C2C1. The molecule has 2 fully saturated rings. The highest BCUT2D eigenvalue weighted by Gasteiger charge is 2.50. The number of anilines is 2. The first kappa shape index (κ1) is 21.5. The van der Waals surface area contributed by atoms with Crippen molar-refractivity contribution in [3.05, 3.63) is 95.0 Å². The lowest BCUT2D eigenvalue weighted by Crippen LogP contribution is -2.63. The number of aliphatic hydroxyl groups is 1. The van der Waals surface area contributed by atoms with Gasteiger partial charge in [-0.15, -0.1) is 0 Å². The van der Waals surface area contributed by atoms with Gasteiger partial charge in [-0.3, -0.25) is 0 Å². The zero-order chi connectivity index (χ0) is 22.3. The van der Waals surface area contributed by atoms with E-state index in [0.717, 1.165) is 23.9 Å². The molecule has 3 aromatic carbocycles. The third-order valence-corrected chi connectivity index (χ3v) is 7.62. The summed E-state index contributed by atoms with van der Waals surface area (Å²) in [5.41, 5.74) is 3.75. The maximum atomic E-state index is 11.3. The Kier molecular flexibility index (Phi) is 5.77. The largest absolute Gasteiger partial charge is 0.393 e. The van der Waals surface area contributed by atoms with E-state index in [0.29, 0.717) is 0 Å². The molecule has 4 atom stereocenters. The van der Waals surface area contributed by atoms with Gasteiger partial charge in [0.25, 0.3) is 0 Å². The Labute approximate surface area is 199 Å². The fraction of sp³-hybridized carbons (Fsp3) is 0.357. The zero-order valence-electron chi connectivity index (χ0n) is 18.7. The van der Waals surface area contributed by atoms with Crippen LogP contribution < -0.4 is 9.80 Å². The fourth-order valence-corrected chi connectivity index (χ4v) is 6.20. The van der Waals surface area contributed by atoms with Crippen molar-refractivity contribution in [1.82, 2.24) is 0 Å². The number of hydrogen-bond acceptors (Lipinski definition) is 3. The number of rotatable bonds is 3. The van der Waals surface area contributed by atoms with E-state index in [1.54, 1.807) is 0 Å². The first-order valence-electron chi connectivity index (χ1n) is 11.5. The molecule has 166 valence electrons. The molecule has 1 heterocycles. The fourth-order valence-electron chi connectivity index (χ4n) is 5.79. The van der Waals surface area contributed by atoms with Crippen molar-refractivity contribution >= 4 is 27.3 Å². The van der Waals surface area contributed by atoms with Crippen molar-refractivity contribution in [2.75, 3.05) is 16.3 Å². The highest BCUT2D eigenvalue weighted by Crippen LogP contribution is 2.49. The second-order valence-electron chi connectivity index (χ2n) is 10.0. The summed E-state index contributed by atoms with van der Waals surface area (Å²) < 4.78 is 1.09. The van der Waals surface area contributed by atoms with E-state index in [9.17, 15) is 5.11 Å². The summed E-state index contributed by atoms with van der Waals surface area (Å²) in [6.45, 7) is 5.44. The van der Waals surface area contributed by atoms with Crippen LogP contribution in [0.1, 0.15) is 38.4 Å². The van der Waals surface area contributed by atoms with Gasteiger partial charge in [-0.2, -0.15) is 0 Å². The number of para-hydroxylation sites is 2. The van der Waals surface area contributed by atoms with Gasteiger partial charge in [0, 0.05) is 34.4 Å². The van der Waals surface area contributed by atoms with Crippen LogP contribution in [-0.4, -0.2) is 23.8 Å². The van der Waals surface area contributed by atoms with Crippen molar-refractivity contribution in [3.8, 4) is 0 Å². The van der Waals surface area contributed by atoms with Crippen LogP contribution in [0.25, 0.3) is 0 Å². The first-order valence-corrected chi connectivity index (χ1v) is 12.3. The smallest absolute Gasteiger partial charge is 0.128 e. The van der Waals surface area contributed by atoms with E-state index in [-0.39, 0.29) is 29.6 Å². The third-order valence-electron chi connectivity index (χ3n) is 7.12. The molecule has 1 N–H and O–H groups in total. The third kappa shape index (κ3) is 4.06. The lowest BCUT2D eigenvalue weighted by atomic mass is 9.66. The normalized spacial score (nSPS) is 27.1. The maximum Gasteiger partial charge on any atom is 0.128 e. The van der Waals surface area contributed by atoms with Crippen molar-refractivity contribution < 1.29 is 5.11 Å². The molecule has 5 rings (SSSR count). The highest BCUT2D eigenvalue weighted by atomic mass is 79.9. The van der Waals surface area contributed by atoms with Crippen LogP contribution in [0.3, 0.4) is 0 Å². The van der Waals surface area contributed by atoms with Crippen LogP contribution in [-0.2, 0) is 0 Å². The second kappa shape index (κ2) is 8.57. The van der Waals surface area contributed by atoms with E-state index in [2.05, 4.69) is 125 Å². The maximum absolute atomic E-state index is 11.3. The molecule has 0 radical (unpaired) electrons. The minimum Gasteiger partial charge on any atom is -0.393 e. The summed E-state index contributed by atoms with van der Waals surface area (Å²) in [7, 11) is 0. The zero-order valence-corrected chi connectivity index (χ0v) is 20.3. The Morgan fingerprint density at radius 1 is 0.844 bits per heavy atom. The van der Waals surface area contributed by atoms with Crippen molar-refractivity contribution in [3.63, 3.8) is 0 Å². The lowest BCUT2D eigenvalue weighted by molar-refractivity contribution is -0.00719. The monoisotopic (exact) mass is 490 g/mol. The highest BCUT2D eigenvalue weighted by molar-refractivity contribution is 9.10. The Balaban J connectivity index is 1.70. The van der Waals surface area contributed by atoms with Gasteiger partial charge in [-0.1, -0.05) is 78.3 Å². The summed E-state index contributed by atoms with van der Waals surface area (Å²) in [5.74, 6) is 0.187. The van der Waals surface area contributed by atoms with Crippen LogP contribution in [0, 0.1) is 11.3 Å². The number of benzene rings is 3. The predicted octanol–water partition coefficient (Wildman–Crippen LogP) is 6.64. The summed E-state index contributed by atoms with van der Waals surface area (Å²) in [6.07, 6.45) is 1.64.